The number of hydrogen-bond acceptors (Lipinski definition) is 8. The van der Waals surface area contributed by atoms with Gasteiger partial charge in [-0.3, -0.25) is 0 Å². The number of amidine groups is 1. The van der Waals surface area contributed by atoms with Crippen LogP contribution in [0.1, 0.15) is 48.3 Å². The van der Waals surface area contributed by atoms with Crippen LogP contribution in [-0.2, 0) is 9.57 Å². The zero-order chi connectivity index (χ0) is 21.5. The van der Waals surface area contributed by atoms with Crippen molar-refractivity contribution in [3.63, 3.8) is 0 Å². The van der Waals surface area contributed by atoms with Crippen LogP contribution in [0.15, 0.2) is 41.7 Å². The van der Waals surface area contributed by atoms with Gasteiger partial charge in [-0.2, -0.15) is 5.10 Å². The number of benzene rings is 1. The maximum Gasteiger partial charge on any atom is 0.338 e. The van der Waals surface area contributed by atoms with Crippen LogP contribution in [-0.4, -0.2) is 39.2 Å². The third kappa shape index (κ3) is 3.69. The number of nitrogens with one attached hydrogen (secondary N) is 2. The summed E-state index contributed by atoms with van der Waals surface area (Å²) in [6, 6.07) is 5.27. The predicted octanol–water partition coefficient (Wildman–Crippen LogP) is 2.85. The normalized spacial score (nSPS) is 16.1. The lowest BCUT2D eigenvalue weighted by Crippen LogP contribution is -2.23. The van der Waals surface area contributed by atoms with Gasteiger partial charge in [0.15, 0.2) is 17.2 Å². The van der Waals surface area contributed by atoms with Crippen molar-refractivity contribution in [3.8, 4) is 0 Å². The second-order valence-electron chi connectivity index (χ2n) is 7.34. The van der Waals surface area contributed by atoms with E-state index in [2.05, 4.69) is 25.9 Å². The van der Waals surface area contributed by atoms with E-state index in [0.717, 1.165) is 0 Å². The van der Waals surface area contributed by atoms with E-state index in [4.69, 9.17) is 9.57 Å². The molecule has 3 heterocycles. The fourth-order valence-corrected chi connectivity index (χ4v) is 3.21. The van der Waals surface area contributed by atoms with Gasteiger partial charge < -0.3 is 10.1 Å². The number of ether oxygens (including phenoxy) is 1. The first-order valence-electron chi connectivity index (χ1n) is 9.30. The second kappa shape index (κ2) is 7.38. The third-order valence-electron chi connectivity index (χ3n) is 4.65. The fraction of sp³-hybridized carbons (Fsp3) is 0.300. The van der Waals surface area contributed by atoms with Crippen LogP contribution in [0.3, 0.4) is 0 Å². The monoisotopic (exact) mass is 412 g/mol. The molecule has 10 heteroatoms. The summed E-state index contributed by atoms with van der Waals surface area (Å²) in [6.45, 7) is 5.47. The number of hydroxylamine groups is 1. The van der Waals surface area contributed by atoms with Crippen molar-refractivity contribution < 1.29 is 18.8 Å². The third-order valence-corrected chi connectivity index (χ3v) is 4.65. The zero-order valence-corrected chi connectivity index (χ0v) is 16.9. The Labute approximate surface area is 171 Å². The van der Waals surface area contributed by atoms with E-state index < -0.39 is 23.6 Å². The molecule has 9 nitrogen and oxygen atoms in total. The Morgan fingerprint density at radius 1 is 1.37 bits per heavy atom. The number of aliphatic imine (C=N–C) groups is 1. The summed E-state index contributed by atoms with van der Waals surface area (Å²) < 4.78 is 20.2. The number of hydrogen-bond donors (Lipinski definition) is 2. The zero-order valence-electron chi connectivity index (χ0n) is 16.9. The molecule has 0 unspecified atom stereocenters. The fourth-order valence-electron chi connectivity index (χ4n) is 3.21. The minimum absolute atomic E-state index is 0.286. The first-order valence-corrected chi connectivity index (χ1v) is 9.30. The molecule has 0 amide bonds. The number of carbonyl (C=O) groups is 1. The Hall–Kier alpha value is -3.53. The lowest BCUT2D eigenvalue weighted by molar-refractivity contribution is -0.0269. The highest BCUT2D eigenvalue weighted by molar-refractivity contribution is 6.03. The SMILES string of the molecule is COC(=O)c1ccc(F)cc1[C@@H](C)Nc1ccn2ncc(C3=NC(C)(C)ON3)c2n1. The Morgan fingerprint density at radius 2 is 2.17 bits per heavy atom. The van der Waals surface area contributed by atoms with E-state index in [1.807, 2.05) is 20.8 Å². The number of methoxy groups -OCH3 is 1. The van der Waals surface area contributed by atoms with E-state index >= 15 is 0 Å². The first-order chi connectivity index (χ1) is 14.3. The van der Waals surface area contributed by atoms with Crippen molar-refractivity contribution in [1.29, 1.82) is 0 Å². The van der Waals surface area contributed by atoms with Crippen LogP contribution in [0, 0.1) is 5.82 Å². The van der Waals surface area contributed by atoms with Crippen LogP contribution >= 0.6 is 0 Å². The number of rotatable bonds is 5. The van der Waals surface area contributed by atoms with Crippen LogP contribution in [0.2, 0.25) is 0 Å². The van der Waals surface area contributed by atoms with Gasteiger partial charge in [0.1, 0.15) is 11.6 Å². The minimum atomic E-state index is -0.685. The van der Waals surface area contributed by atoms with Gasteiger partial charge in [-0.1, -0.05) is 0 Å². The van der Waals surface area contributed by atoms with Crippen molar-refractivity contribution >= 4 is 23.3 Å². The molecule has 1 atom stereocenters. The Morgan fingerprint density at radius 3 is 2.87 bits per heavy atom. The Kier molecular flexibility index (Phi) is 4.86. The molecule has 0 saturated heterocycles. The molecule has 4 rings (SSSR count). The topological polar surface area (TPSA) is 102 Å². The number of fused-ring (bicyclic) bond motifs is 1. The number of anilines is 1. The summed E-state index contributed by atoms with van der Waals surface area (Å²) in [5.41, 5.74) is 4.11. The lowest BCUT2D eigenvalue weighted by Gasteiger charge is -2.18. The number of halogens is 1. The van der Waals surface area contributed by atoms with Crippen LogP contribution in [0.4, 0.5) is 10.2 Å². The van der Waals surface area contributed by atoms with E-state index in [1.54, 1.807) is 23.0 Å². The summed E-state index contributed by atoms with van der Waals surface area (Å²) in [4.78, 5) is 26.6. The van der Waals surface area contributed by atoms with Gasteiger partial charge >= 0.3 is 5.97 Å². The van der Waals surface area contributed by atoms with Crippen molar-refractivity contribution in [1.82, 2.24) is 20.1 Å². The van der Waals surface area contributed by atoms with Gasteiger partial charge in [0, 0.05) is 6.20 Å². The average Bonchev–Trinajstić information content (AvgIpc) is 3.29. The van der Waals surface area contributed by atoms with Gasteiger partial charge in [-0.05, 0) is 50.6 Å². The summed E-state index contributed by atoms with van der Waals surface area (Å²) >= 11 is 0. The number of nitrogens with zero attached hydrogens (tertiary/aromatic N) is 4. The summed E-state index contributed by atoms with van der Waals surface area (Å²) in [5, 5.41) is 7.49. The van der Waals surface area contributed by atoms with Crippen LogP contribution in [0.25, 0.3) is 5.65 Å². The summed E-state index contributed by atoms with van der Waals surface area (Å²) in [5.74, 6) is 0.0789. The highest BCUT2D eigenvalue weighted by Crippen LogP contribution is 2.25. The molecule has 0 bridgehead atoms. The molecule has 2 N–H and O–H groups in total. The van der Waals surface area contributed by atoms with Crippen molar-refractivity contribution in [3.05, 3.63) is 59.2 Å². The molecule has 0 fully saturated rings. The molecule has 0 spiro atoms. The Balaban J connectivity index is 1.66. The van der Waals surface area contributed by atoms with Gasteiger partial charge in [-0.25, -0.2) is 34.0 Å². The second-order valence-corrected chi connectivity index (χ2v) is 7.34. The van der Waals surface area contributed by atoms with Gasteiger partial charge in [0.25, 0.3) is 0 Å². The molecule has 1 aromatic carbocycles. The highest BCUT2D eigenvalue weighted by Gasteiger charge is 2.28. The van der Waals surface area contributed by atoms with Crippen molar-refractivity contribution in [2.24, 2.45) is 4.99 Å². The van der Waals surface area contributed by atoms with E-state index in [1.165, 1.54) is 25.3 Å². The molecule has 3 aromatic rings. The number of aromatic nitrogens is 3. The molecule has 0 radical (unpaired) electrons. The predicted molar refractivity (Wildman–Crippen MR) is 108 cm³/mol. The quantitative estimate of drug-likeness (QED) is 0.621. The first kappa shape index (κ1) is 19.8. The molecule has 156 valence electrons. The van der Waals surface area contributed by atoms with Gasteiger partial charge in [-0.15, -0.1) is 0 Å². The molecule has 0 aliphatic carbocycles. The standard InChI is InChI=1S/C20H21FN6O3/c1-11(14-9-12(21)5-6-13(14)19(28)29-4)23-16-7-8-27-18(24-16)15(10-22-27)17-25-20(2,3)30-26-17/h5-11H,1-4H3,(H,23,24)(H,25,26)/t11-/m1/s1. The summed E-state index contributed by atoms with van der Waals surface area (Å²) in [6.07, 6.45) is 3.39. The van der Waals surface area contributed by atoms with Crippen LogP contribution < -0.4 is 10.8 Å². The number of esters is 1. The van der Waals surface area contributed by atoms with E-state index in [0.29, 0.717) is 28.4 Å². The van der Waals surface area contributed by atoms with Crippen molar-refractivity contribution in [2.75, 3.05) is 12.4 Å². The molecule has 30 heavy (non-hydrogen) atoms. The smallest absolute Gasteiger partial charge is 0.338 e. The maximum absolute atomic E-state index is 13.8. The largest absolute Gasteiger partial charge is 0.465 e. The van der Waals surface area contributed by atoms with Gasteiger partial charge in [0.05, 0.1) is 30.5 Å². The number of carbonyl (C=O) groups excluding carboxylic acids is 1. The molecule has 2 aromatic heterocycles. The molecular weight excluding hydrogens is 391 g/mol. The Bertz CT molecular complexity index is 1160. The lowest BCUT2D eigenvalue weighted by atomic mass is 10.0. The van der Waals surface area contributed by atoms with E-state index in [9.17, 15) is 9.18 Å². The summed E-state index contributed by atoms with van der Waals surface area (Å²) in [7, 11) is 1.29. The highest BCUT2D eigenvalue weighted by atomic mass is 19.1. The van der Waals surface area contributed by atoms with Crippen LogP contribution in [0.5, 0.6) is 0 Å². The minimum Gasteiger partial charge on any atom is -0.465 e. The maximum atomic E-state index is 13.8. The molecule has 1 aliphatic rings. The van der Waals surface area contributed by atoms with Crippen molar-refractivity contribution in [2.45, 2.75) is 32.5 Å². The molecule has 0 saturated carbocycles. The van der Waals surface area contributed by atoms with Gasteiger partial charge in [0.2, 0.25) is 0 Å². The average molecular weight is 412 g/mol. The molecule has 1 aliphatic heterocycles. The van der Waals surface area contributed by atoms with E-state index in [-0.39, 0.29) is 5.56 Å². The molecular formula is C20H21FN6O3.